The van der Waals surface area contributed by atoms with Crippen LogP contribution in [-0.4, -0.2) is 9.55 Å². The highest BCUT2D eigenvalue weighted by molar-refractivity contribution is 5.71. The van der Waals surface area contributed by atoms with Gasteiger partial charge in [0.15, 0.2) is 0 Å². The van der Waals surface area contributed by atoms with Crippen molar-refractivity contribution in [3.05, 3.63) is 86.6 Å². The predicted octanol–water partition coefficient (Wildman–Crippen LogP) is 3.42. The van der Waals surface area contributed by atoms with Crippen LogP contribution in [0, 0.1) is 0 Å². The van der Waals surface area contributed by atoms with E-state index in [0.717, 1.165) is 18.4 Å². The van der Waals surface area contributed by atoms with Gasteiger partial charge in [-0.3, -0.25) is 4.79 Å². The molecule has 1 unspecified atom stereocenters. The van der Waals surface area contributed by atoms with Crippen LogP contribution in [0.4, 0.5) is 0 Å². The molecule has 0 amide bonds. The first-order chi connectivity index (χ1) is 12.0. The number of nitrogens with one attached hydrogen (secondary N) is 1. The Kier molecular flexibility index (Phi) is 3.49. The third-order valence-corrected chi connectivity index (χ3v) is 5.37. The Balaban J connectivity index is 2.11. The fourth-order valence-corrected chi connectivity index (χ4v) is 3.84. The highest BCUT2D eigenvalue weighted by Gasteiger charge is 2.37. The fourth-order valence-electron chi connectivity index (χ4n) is 3.84. The lowest BCUT2D eigenvalue weighted by atomic mass is 9.69. The molecule has 2 aromatic carbocycles. The van der Waals surface area contributed by atoms with Gasteiger partial charge in [-0.2, -0.15) is 0 Å². The predicted molar refractivity (Wildman–Crippen MR) is 99.4 cm³/mol. The minimum atomic E-state index is -0.398. The number of H-pyrrole nitrogens is 1. The number of hydrogen-bond donors (Lipinski definition) is 1. The Labute approximate surface area is 145 Å². The largest absolute Gasteiger partial charge is 0.333 e. The van der Waals surface area contributed by atoms with E-state index in [0.29, 0.717) is 16.9 Å². The maximum Gasteiger partial charge on any atom is 0.333 e. The van der Waals surface area contributed by atoms with E-state index in [1.54, 1.807) is 12.1 Å². The SMILES string of the molecule is CCC1(C)Cc2ccccc2-c2[nH]c(=O)n(-c3ccccc3)c(=O)c21. The molecule has 0 bridgehead atoms. The first-order valence-electron chi connectivity index (χ1n) is 8.58. The zero-order chi connectivity index (χ0) is 17.6. The number of benzene rings is 2. The van der Waals surface area contributed by atoms with Crippen molar-refractivity contribution in [2.45, 2.75) is 32.1 Å². The Morgan fingerprint density at radius 3 is 2.44 bits per heavy atom. The molecule has 1 heterocycles. The van der Waals surface area contributed by atoms with Crippen molar-refractivity contribution in [1.29, 1.82) is 0 Å². The molecule has 0 saturated heterocycles. The highest BCUT2D eigenvalue weighted by Crippen LogP contribution is 2.41. The number of para-hydroxylation sites is 1. The van der Waals surface area contributed by atoms with Crippen molar-refractivity contribution in [1.82, 2.24) is 9.55 Å². The van der Waals surface area contributed by atoms with Crippen LogP contribution in [0.5, 0.6) is 0 Å². The van der Waals surface area contributed by atoms with Crippen molar-refractivity contribution in [3.63, 3.8) is 0 Å². The number of hydrogen-bond acceptors (Lipinski definition) is 2. The van der Waals surface area contributed by atoms with Gasteiger partial charge in [0.25, 0.3) is 5.56 Å². The van der Waals surface area contributed by atoms with Crippen LogP contribution in [0.2, 0.25) is 0 Å². The van der Waals surface area contributed by atoms with Gasteiger partial charge in [0.1, 0.15) is 0 Å². The summed E-state index contributed by atoms with van der Waals surface area (Å²) in [4.78, 5) is 29.1. The molecule has 126 valence electrons. The van der Waals surface area contributed by atoms with Crippen LogP contribution in [0.3, 0.4) is 0 Å². The van der Waals surface area contributed by atoms with Gasteiger partial charge in [0.05, 0.1) is 11.4 Å². The van der Waals surface area contributed by atoms with E-state index in [1.165, 1.54) is 10.1 Å². The molecule has 0 spiro atoms. The van der Waals surface area contributed by atoms with Crippen molar-refractivity contribution >= 4 is 0 Å². The summed E-state index contributed by atoms with van der Waals surface area (Å²) in [5.74, 6) is 0. The Morgan fingerprint density at radius 1 is 1.04 bits per heavy atom. The summed E-state index contributed by atoms with van der Waals surface area (Å²) in [6.45, 7) is 4.20. The molecular weight excluding hydrogens is 312 g/mol. The molecule has 1 atom stereocenters. The number of nitrogens with zero attached hydrogens (tertiary/aromatic N) is 1. The standard InChI is InChI=1S/C21H20N2O2/c1-3-21(2)13-14-9-7-8-12-16(14)18-17(21)19(24)23(20(25)22-18)15-10-5-4-6-11-15/h4-12H,3,13H2,1-2H3,(H,22,25). The zero-order valence-electron chi connectivity index (χ0n) is 14.4. The smallest absolute Gasteiger partial charge is 0.306 e. The lowest BCUT2D eigenvalue weighted by Gasteiger charge is -2.35. The molecule has 4 rings (SSSR count). The first kappa shape index (κ1) is 15.6. The summed E-state index contributed by atoms with van der Waals surface area (Å²) in [5.41, 5.74) is 3.18. The minimum Gasteiger partial charge on any atom is -0.306 e. The normalized spacial score (nSPS) is 18.5. The van der Waals surface area contributed by atoms with E-state index < -0.39 is 5.69 Å². The fraction of sp³-hybridized carbons (Fsp3) is 0.238. The van der Waals surface area contributed by atoms with Crippen molar-refractivity contribution in [2.75, 3.05) is 0 Å². The van der Waals surface area contributed by atoms with Crippen LogP contribution in [-0.2, 0) is 11.8 Å². The average Bonchev–Trinajstić information content (AvgIpc) is 2.62. The van der Waals surface area contributed by atoms with Crippen LogP contribution < -0.4 is 11.2 Å². The zero-order valence-corrected chi connectivity index (χ0v) is 14.4. The second kappa shape index (κ2) is 5.59. The van der Waals surface area contributed by atoms with E-state index in [2.05, 4.69) is 24.9 Å². The number of aromatic nitrogens is 2. The molecule has 0 radical (unpaired) electrons. The molecule has 0 aliphatic heterocycles. The molecule has 1 aliphatic carbocycles. The van der Waals surface area contributed by atoms with Gasteiger partial charge in [0, 0.05) is 16.5 Å². The van der Waals surface area contributed by atoms with Crippen LogP contribution in [0.1, 0.15) is 31.4 Å². The Morgan fingerprint density at radius 2 is 1.72 bits per heavy atom. The third-order valence-electron chi connectivity index (χ3n) is 5.37. The summed E-state index contributed by atoms with van der Waals surface area (Å²) in [6, 6.07) is 17.1. The molecule has 0 fully saturated rings. The summed E-state index contributed by atoms with van der Waals surface area (Å²) in [7, 11) is 0. The molecule has 4 heteroatoms. The van der Waals surface area contributed by atoms with Crippen molar-refractivity contribution in [2.24, 2.45) is 0 Å². The number of aromatic amines is 1. The van der Waals surface area contributed by atoms with Crippen molar-refractivity contribution in [3.8, 4) is 16.9 Å². The maximum atomic E-state index is 13.4. The van der Waals surface area contributed by atoms with Gasteiger partial charge >= 0.3 is 5.69 Å². The molecule has 0 saturated carbocycles. The molecule has 1 N–H and O–H groups in total. The lowest BCUT2D eigenvalue weighted by Crippen LogP contribution is -2.44. The van der Waals surface area contributed by atoms with Crippen LogP contribution in [0.15, 0.2) is 64.2 Å². The topological polar surface area (TPSA) is 54.9 Å². The van der Waals surface area contributed by atoms with E-state index in [-0.39, 0.29) is 11.0 Å². The van der Waals surface area contributed by atoms with Gasteiger partial charge in [-0.25, -0.2) is 9.36 Å². The molecule has 4 nitrogen and oxygen atoms in total. The van der Waals surface area contributed by atoms with Gasteiger partial charge in [0.2, 0.25) is 0 Å². The Hall–Kier alpha value is -2.88. The van der Waals surface area contributed by atoms with Gasteiger partial charge < -0.3 is 4.98 Å². The van der Waals surface area contributed by atoms with Gasteiger partial charge in [-0.1, -0.05) is 56.3 Å². The third kappa shape index (κ3) is 2.29. The monoisotopic (exact) mass is 332 g/mol. The number of rotatable bonds is 2. The van der Waals surface area contributed by atoms with E-state index in [1.807, 2.05) is 36.4 Å². The lowest BCUT2D eigenvalue weighted by molar-refractivity contribution is 0.437. The summed E-state index contributed by atoms with van der Waals surface area (Å²) in [5, 5.41) is 0. The van der Waals surface area contributed by atoms with Gasteiger partial charge in [-0.15, -0.1) is 0 Å². The first-order valence-corrected chi connectivity index (χ1v) is 8.58. The minimum absolute atomic E-state index is 0.219. The molecular formula is C21H20N2O2. The van der Waals surface area contributed by atoms with Gasteiger partial charge in [-0.05, 0) is 30.5 Å². The number of fused-ring (bicyclic) bond motifs is 3. The molecule has 3 aromatic rings. The molecule has 25 heavy (non-hydrogen) atoms. The summed E-state index contributed by atoms with van der Waals surface area (Å²) >= 11 is 0. The van der Waals surface area contributed by atoms with Crippen LogP contribution >= 0.6 is 0 Å². The van der Waals surface area contributed by atoms with Crippen molar-refractivity contribution < 1.29 is 0 Å². The van der Waals surface area contributed by atoms with E-state index >= 15 is 0 Å². The quantitative estimate of drug-likeness (QED) is 0.782. The van der Waals surface area contributed by atoms with E-state index in [9.17, 15) is 9.59 Å². The summed E-state index contributed by atoms with van der Waals surface area (Å²) in [6.07, 6.45) is 1.62. The maximum absolute atomic E-state index is 13.4. The molecule has 1 aliphatic rings. The second-order valence-electron chi connectivity index (χ2n) is 6.90. The van der Waals surface area contributed by atoms with Crippen LogP contribution in [0.25, 0.3) is 16.9 Å². The second-order valence-corrected chi connectivity index (χ2v) is 6.90. The Bertz CT molecular complexity index is 1060. The highest BCUT2D eigenvalue weighted by atomic mass is 16.2. The van der Waals surface area contributed by atoms with E-state index in [4.69, 9.17) is 0 Å². The molecule has 1 aromatic heterocycles. The average molecular weight is 332 g/mol. The summed E-state index contributed by atoms with van der Waals surface area (Å²) < 4.78 is 1.25.